The average Bonchev–Trinajstić information content (AvgIpc) is 2.60. The lowest BCUT2D eigenvalue weighted by atomic mass is 9.97. The zero-order valence-corrected chi connectivity index (χ0v) is 15.8. The van der Waals surface area contributed by atoms with Crippen molar-refractivity contribution in [2.45, 2.75) is 19.3 Å². The lowest BCUT2D eigenvalue weighted by Crippen LogP contribution is -2.37. The Morgan fingerprint density at radius 3 is 1.92 bits per heavy atom. The molecule has 8 heteroatoms. The Morgan fingerprint density at radius 1 is 1.00 bits per heavy atom. The summed E-state index contributed by atoms with van der Waals surface area (Å²) in [6.45, 7) is 2.84. The highest BCUT2D eigenvalue weighted by Gasteiger charge is 2.23. The van der Waals surface area contributed by atoms with Gasteiger partial charge in [-0.05, 0) is 50.0 Å². The van der Waals surface area contributed by atoms with E-state index in [0.717, 1.165) is 43.4 Å². The molecule has 0 saturated carbocycles. The van der Waals surface area contributed by atoms with E-state index in [1.54, 1.807) is 0 Å². The molecule has 1 aromatic rings. The second-order valence-corrected chi connectivity index (χ2v) is 6.76. The summed E-state index contributed by atoms with van der Waals surface area (Å²) in [5, 5.41) is 24.6. The third kappa shape index (κ3) is 9.33. The smallest absolute Gasteiger partial charge is 0.328 e. The van der Waals surface area contributed by atoms with Gasteiger partial charge in [-0.1, -0.05) is 28.1 Å². The number of benzene rings is 1. The fourth-order valence-electron chi connectivity index (χ4n) is 2.48. The first kappa shape index (κ1) is 21.9. The summed E-state index contributed by atoms with van der Waals surface area (Å²) in [4.78, 5) is 32.3. The standard InChI is InChI=1S/C14H18BrNO2.C4H4O4/c15-13-3-1-11(2-4-13)5-8-16-9-6-12(7-10-16)14(17)18;5-3(6)1-2-4(7)8/h1-4,12H,5-10H2,(H,17,18);1-2H,(H,5,6)(H,7,8)/b;2-1+. The van der Waals surface area contributed by atoms with Crippen molar-refractivity contribution in [3.05, 3.63) is 46.5 Å². The quantitative estimate of drug-likeness (QED) is 0.597. The third-order valence-electron chi connectivity index (χ3n) is 3.94. The Labute approximate surface area is 160 Å². The van der Waals surface area contributed by atoms with Crippen LogP contribution in [0.25, 0.3) is 0 Å². The molecule has 2 rings (SSSR count). The first-order chi connectivity index (χ1) is 12.3. The molecule has 0 radical (unpaired) electrons. The lowest BCUT2D eigenvalue weighted by molar-refractivity contribution is -0.143. The lowest BCUT2D eigenvalue weighted by Gasteiger charge is -2.29. The van der Waals surface area contributed by atoms with Crippen molar-refractivity contribution in [2.75, 3.05) is 19.6 Å². The number of hydrogen-bond acceptors (Lipinski definition) is 4. The first-order valence-corrected chi connectivity index (χ1v) is 8.90. The van der Waals surface area contributed by atoms with E-state index in [1.807, 2.05) is 0 Å². The van der Waals surface area contributed by atoms with Crippen molar-refractivity contribution in [3.63, 3.8) is 0 Å². The largest absolute Gasteiger partial charge is 0.481 e. The Hall–Kier alpha value is -2.19. The van der Waals surface area contributed by atoms with Gasteiger partial charge in [0.25, 0.3) is 0 Å². The molecule has 0 unspecified atom stereocenters. The van der Waals surface area contributed by atoms with Crippen molar-refractivity contribution in [3.8, 4) is 0 Å². The zero-order valence-electron chi connectivity index (χ0n) is 14.2. The molecule has 1 aliphatic heterocycles. The van der Waals surface area contributed by atoms with Crippen LogP contribution in [0.5, 0.6) is 0 Å². The van der Waals surface area contributed by atoms with Crippen LogP contribution in [-0.4, -0.2) is 57.8 Å². The van der Waals surface area contributed by atoms with Crippen LogP contribution >= 0.6 is 15.9 Å². The topological polar surface area (TPSA) is 115 Å². The van der Waals surface area contributed by atoms with Crippen molar-refractivity contribution in [1.29, 1.82) is 0 Å². The minimum Gasteiger partial charge on any atom is -0.481 e. The van der Waals surface area contributed by atoms with Crippen LogP contribution in [-0.2, 0) is 20.8 Å². The van der Waals surface area contributed by atoms with Crippen LogP contribution in [0.3, 0.4) is 0 Å². The van der Waals surface area contributed by atoms with Crippen LogP contribution in [0, 0.1) is 5.92 Å². The van der Waals surface area contributed by atoms with Crippen molar-refractivity contribution in [1.82, 2.24) is 4.90 Å². The molecule has 7 nitrogen and oxygen atoms in total. The summed E-state index contributed by atoms with van der Waals surface area (Å²) in [6.07, 6.45) is 3.72. The third-order valence-corrected chi connectivity index (χ3v) is 4.46. The number of aliphatic carboxylic acids is 3. The Morgan fingerprint density at radius 2 is 1.50 bits per heavy atom. The second kappa shape index (κ2) is 11.4. The zero-order chi connectivity index (χ0) is 19.5. The molecule has 1 heterocycles. The van der Waals surface area contributed by atoms with E-state index in [9.17, 15) is 14.4 Å². The first-order valence-electron chi connectivity index (χ1n) is 8.11. The molecule has 0 bridgehead atoms. The summed E-state index contributed by atoms with van der Waals surface area (Å²) >= 11 is 3.43. The van der Waals surface area contributed by atoms with Gasteiger partial charge in [-0.2, -0.15) is 0 Å². The normalized spacial score (nSPS) is 15.3. The SMILES string of the molecule is O=C(O)/C=C/C(=O)O.O=C(O)C1CCN(CCc2ccc(Br)cc2)CC1. The number of likely N-dealkylation sites (tertiary alicyclic amines) is 1. The molecule has 0 aliphatic carbocycles. The minimum absolute atomic E-state index is 0.131. The molecule has 26 heavy (non-hydrogen) atoms. The predicted octanol–water partition coefficient (Wildman–Crippen LogP) is 2.50. The number of piperidine rings is 1. The fraction of sp³-hybridized carbons (Fsp3) is 0.389. The number of hydrogen-bond donors (Lipinski definition) is 3. The number of rotatable bonds is 6. The second-order valence-electron chi connectivity index (χ2n) is 5.84. The molecular formula is C18H22BrNO6. The van der Waals surface area contributed by atoms with Crippen LogP contribution in [0.1, 0.15) is 18.4 Å². The van der Waals surface area contributed by atoms with E-state index in [2.05, 4.69) is 45.1 Å². The van der Waals surface area contributed by atoms with Crippen LogP contribution < -0.4 is 0 Å². The molecular weight excluding hydrogens is 406 g/mol. The van der Waals surface area contributed by atoms with Crippen LogP contribution in [0.2, 0.25) is 0 Å². The number of halogens is 1. The van der Waals surface area contributed by atoms with Crippen molar-refractivity contribution >= 4 is 33.8 Å². The van der Waals surface area contributed by atoms with Gasteiger partial charge < -0.3 is 20.2 Å². The van der Waals surface area contributed by atoms with E-state index in [0.29, 0.717) is 12.2 Å². The molecule has 1 aliphatic rings. The van der Waals surface area contributed by atoms with E-state index in [-0.39, 0.29) is 5.92 Å². The van der Waals surface area contributed by atoms with Gasteiger partial charge in [0, 0.05) is 23.2 Å². The maximum absolute atomic E-state index is 10.8. The molecule has 0 atom stereocenters. The van der Waals surface area contributed by atoms with Gasteiger partial charge in [0.05, 0.1) is 5.92 Å². The van der Waals surface area contributed by atoms with E-state index >= 15 is 0 Å². The highest BCUT2D eigenvalue weighted by molar-refractivity contribution is 9.10. The molecule has 1 saturated heterocycles. The molecule has 0 aromatic heterocycles. The van der Waals surface area contributed by atoms with Gasteiger partial charge in [0.2, 0.25) is 0 Å². The molecule has 0 spiro atoms. The van der Waals surface area contributed by atoms with Gasteiger partial charge in [0.1, 0.15) is 0 Å². The molecule has 142 valence electrons. The summed E-state index contributed by atoms with van der Waals surface area (Å²) in [7, 11) is 0. The van der Waals surface area contributed by atoms with E-state index in [1.165, 1.54) is 5.56 Å². The maximum atomic E-state index is 10.8. The fourth-order valence-corrected chi connectivity index (χ4v) is 2.75. The number of carbonyl (C=O) groups is 3. The Bertz CT molecular complexity index is 620. The number of carboxylic acids is 3. The van der Waals surface area contributed by atoms with Crippen molar-refractivity contribution < 1.29 is 29.7 Å². The predicted molar refractivity (Wildman–Crippen MR) is 99.1 cm³/mol. The molecule has 3 N–H and O–H groups in total. The van der Waals surface area contributed by atoms with Gasteiger partial charge >= 0.3 is 17.9 Å². The van der Waals surface area contributed by atoms with E-state index < -0.39 is 17.9 Å². The van der Waals surface area contributed by atoms with Gasteiger partial charge in [-0.25, -0.2) is 9.59 Å². The highest BCUT2D eigenvalue weighted by atomic mass is 79.9. The van der Waals surface area contributed by atoms with Gasteiger partial charge in [0.15, 0.2) is 0 Å². The van der Waals surface area contributed by atoms with Crippen molar-refractivity contribution in [2.24, 2.45) is 5.92 Å². The average molecular weight is 428 g/mol. The monoisotopic (exact) mass is 427 g/mol. The van der Waals surface area contributed by atoms with Gasteiger partial charge in [-0.15, -0.1) is 0 Å². The highest BCUT2D eigenvalue weighted by Crippen LogP contribution is 2.18. The Balaban J connectivity index is 0.000000359. The molecule has 1 aromatic carbocycles. The van der Waals surface area contributed by atoms with Gasteiger partial charge in [-0.3, -0.25) is 4.79 Å². The molecule has 0 amide bonds. The maximum Gasteiger partial charge on any atom is 0.328 e. The summed E-state index contributed by atoms with van der Waals surface area (Å²) in [6, 6.07) is 8.39. The Kier molecular flexibility index (Phi) is 9.61. The number of carboxylic acid groups (broad SMARTS) is 3. The van der Waals surface area contributed by atoms with Crippen LogP contribution in [0.4, 0.5) is 0 Å². The summed E-state index contributed by atoms with van der Waals surface area (Å²) in [5.74, 6) is -3.28. The summed E-state index contributed by atoms with van der Waals surface area (Å²) in [5.41, 5.74) is 1.33. The minimum atomic E-state index is -1.26. The summed E-state index contributed by atoms with van der Waals surface area (Å²) < 4.78 is 1.11. The van der Waals surface area contributed by atoms with Crippen LogP contribution in [0.15, 0.2) is 40.9 Å². The van der Waals surface area contributed by atoms with E-state index in [4.69, 9.17) is 15.3 Å². The molecule has 1 fully saturated rings. The number of nitrogens with zero attached hydrogens (tertiary/aromatic N) is 1.